The highest BCUT2D eigenvalue weighted by molar-refractivity contribution is 14.1. The Morgan fingerprint density at radius 2 is 1.72 bits per heavy atom. The molecule has 128 valence electrons. The first kappa shape index (κ1) is 16.3. The van der Waals surface area contributed by atoms with Gasteiger partial charge in [0.1, 0.15) is 17.3 Å². The first-order valence-electron chi connectivity index (χ1n) is 8.05. The van der Waals surface area contributed by atoms with Crippen molar-refractivity contribution < 1.29 is 9.47 Å². The van der Waals surface area contributed by atoms with Gasteiger partial charge in [0, 0.05) is 27.3 Å². The van der Waals surface area contributed by atoms with Gasteiger partial charge in [-0.1, -0.05) is 0 Å². The standard InChI is InChI=1S/C19H18IN3O2/c1-24-15-9-12(10-16(11-15)25-2)18-17-7-8-21-19(17)23(22-18)14-5-3-13(20)4-6-14/h3-6,9-11,21H,7-8H2,1-2H3. The van der Waals surface area contributed by atoms with Crippen LogP contribution in [0, 0.1) is 3.57 Å². The number of nitrogens with one attached hydrogen (secondary N) is 1. The van der Waals surface area contributed by atoms with Crippen LogP contribution in [0.15, 0.2) is 42.5 Å². The summed E-state index contributed by atoms with van der Waals surface area (Å²) in [7, 11) is 3.32. The number of hydrogen-bond donors (Lipinski definition) is 1. The average molecular weight is 447 g/mol. The number of aromatic nitrogens is 2. The molecule has 0 bridgehead atoms. The molecular formula is C19H18IN3O2. The molecule has 3 aromatic rings. The molecule has 2 heterocycles. The lowest BCUT2D eigenvalue weighted by Crippen LogP contribution is -2.04. The molecule has 5 nitrogen and oxygen atoms in total. The zero-order valence-corrected chi connectivity index (χ0v) is 16.2. The smallest absolute Gasteiger partial charge is 0.133 e. The third-order valence-electron chi connectivity index (χ3n) is 4.35. The Morgan fingerprint density at radius 3 is 2.36 bits per heavy atom. The van der Waals surface area contributed by atoms with Gasteiger partial charge in [-0.2, -0.15) is 5.10 Å². The van der Waals surface area contributed by atoms with Crippen LogP contribution in [-0.2, 0) is 6.42 Å². The Morgan fingerprint density at radius 1 is 1.04 bits per heavy atom. The summed E-state index contributed by atoms with van der Waals surface area (Å²) in [6.45, 7) is 0.922. The molecule has 0 spiro atoms. The van der Waals surface area contributed by atoms with Crippen LogP contribution in [0.4, 0.5) is 5.82 Å². The van der Waals surface area contributed by atoms with Gasteiger partial charge >= 0.3 is 0 Å². The average Bonchev–Trinajstić information content (AvgIpc) is 3.24. The fourth-order valence-electron chi connectivity index (χ4n) is 3.12. The number of ether oxygens (including phenoxy) is 2. The van der Waals surface area contributed by atoms with Gasteiger partial charge in [-0.3, -0.25) is 0 Å². The zero-order valence-electron chi connectivity index (χ0n) is 14.0. The molecule has 0 unspecified atom stereocenters. The van der Waals surface area contributed by atoms with E-state index in [0.29, 0.717) is 0 Å². The minimum Gasteiger partial charge on any atom is -0.497 e. The molecule has 0 aliphatic carbocycles. The summed E-state index contributed by atoms with van der Waals surface area (Å²) in [6, 6.07) is 14.2. The van der Waals surface area contributed by atoms with Crippen LogP contribution >= 0.6 is 22.6 Å². The van der Waals surface area contributed by atoms with E-state index in [1.807, 2.05) is 22.9 Å². The van der Waals surface area contributed by atoms with Gasteiger partial charge in [-0.15, -0.1) is 0 Å². The topological polar surface area (TPSA) is 48.3 Å². The van der Waals surface area contributed by atoms with E-state index in [0.717, 1.165) is 47.2 Å². The van der Waals surface area contributed by atoms with Gasteiger partial charge in [-0.25, -0.2) is 4.68 Å². The third-order valence-corrected chi connectivity index (χ3v) is 5.07. The second kappa shape index (κ2) is 6.59. The van der Waals surface area contributed by atoms with E-state index in [1.54, 1.807) is 14.2 Å². The van der Waals surface area contributed by atoms with Crippen molar-refractivity contribution in [3.8, 4) is 28.4 Å². The molecule has 25 heavy (non-hydrogen) atoms. The highest BCUT2D eigenvalue weighted by Gasteiger charge is 2.24. The van der Waals surface area contributed by atoms with E-state index in [-0.39, 0.29) is 0 Å². The minimum atomic E-state index is 0.762. The lowest BCUT2D eigenvalue weighted by molar-refractivity contribution is 0.394. The Balaban J connectivity index is 1.87. The highest BCUT2D eigenvalue weighted by Crippen LogP contribution is 2.37. The van der Waals surface area contributed by atoms with Gasteiger partial charge in [0.15, 0.2) is 0 Å². The maximum Gasteiger partial charge on any atom is 0.133 e. The molecule has 1 aromatic heterocycles. The first-order valence-corrected chi connectivity index (χ1v) is 9.12. The number of hydrogen-bond acceptors (Lipinski definition) is 4. The minimum absolute atomic E-state index is 0.762. The number of benzene rings is 2. The van der Waals surface area contributed by atoms with Crippen molar-refractivity contribution in [2.75, 3.05) is 26.1 Å². The summed E-state index contributed by atoms with van der Waals surface area (Å²) in [5.41, 5.74) is 4.25. The third kappa shape index (κ3) is 2.95. The number of halogens is 1. The fraction of sp³-hybridized carbons (Fsp3) is 0.211. The predicted octanol–water partition coefficient (Wildman–Crippen LogP) is 4.13. The van der Waals surface area contributed by atoms with E-state index < -0.39 is 0 Å². The quantitative estimate of drug-likeness (QED) is 0.612. The van der Waals surface area contributed by atoms with Crippen molar-refractivity contribution in [3.05, 3.63) is 51.6 Å². The maximum absolute atomic E-state index is 5.41. The normalized spacial score (nSPS) is 12.6. The SMILES string of the molecule is COc1cc(OC)cc(-c2nn(-c3ccc(I)cc3)c3c2CCN3)c1. The summed E-state index contributed by atoms with van der Waals surface area (Å²) in [5.74, 6) is 2.59. The van der Waals surface area contributed by atoms with Crippen LogP contribution in [0.1, 0.15) is 5.56 Å². The molecule has 6 heteroatoms. The highest BCUT2D eigenvalue weighted by atomic mass is 127. The second-order valence-corrected chi connectivity index (χ2v) is 7.09. The van der Waals surface area contributed by atoms with Crippen molar-refractivity contribution in [2.45, 2.75) is 6.42 Å². The van der Waals surface area contributed by atoms with Gasteiger partial charge in [-0.05, 0) is 65.4 Å². The Labute approximate surface area is 160 Å². The molecule has 1 aliphatic heterocycles. The monoisotopic (exact) mass is 447 g/mol. The molecular weight excluding hydrogens is 429 g/mol. The van der Waals surface area contributed by atoms with E-state index in [2.05, 4.69) is 52.2 Å². The fourth-order valence-corrected chi connectivity index (χ4v) is 3.48. The molecule has 0 atom stereocenters. The van der Waals surface area contributed by atoms with Crippen LogP contribution in [0.3, 0.4) is 0 Å². The zero-order chi connectivity index (χ0) is 17.4. The molecule has 0 fully saturated rings. The van der Waals surface area contributed by atoms with E-state index >= 15 is 0 Å². The van der Waals surface area contributed by atoms with Crippen LogP contribution in [0.5, 0.6) is 11.5 Å². The summed E-state index contributed by atoms with van der Waals surface area (Å²) in [5, 5.41) is 8.36. The predicted molar refractivity (Wildman–Crippen MR) is 107 cm³/mol. The molecule has 0 radical (unpaired) electrons. The van der Waals surface area contributed by atoms with E-state index in [9.17, 15) is 0 Å². The molecule has 4 rings (SSSR count). The largest absolute Gasteiger partial charge is 0.497 e. The van der Waals surface area contributed by atoms with Crippen LogP contribution < -0.4 is 14.8 Å². The number of rotatable bonds is 4. The van der Waals surface area contributed by atoms with Gasteiger partial charge in [0.25, 0.3) is 0 Å². The molecule has 0 saturated heterocycles. The summed E-state index contributed by atoms with van der Waals surface area (Å²) < 4.78 is 14.0. The van der Waals surface area contributed by atoms with Crippen molar-refractivity contribution in [1.82, 2.24) is 9.78 Å². The maximum atomic E-state index is 5.41. The second-order valence-electron chi connectivity index (χ2n) is 5.84. The Kier molecular flexibility index (Phi) is 4.29. The van der Waals surface area contributed by atoms with Crippen molar-refractivity contribution in [3.63, 3.8) is 0 Å². The van der Waals surface area contributed by atoms with Crippen LogP contribution in [-0.4, -0.2) is 30.5 Å². The first-order chi connectivity index (χ1) is 12.2. The lowest BCUT2D eigenvalue weighted by atomic mass is 10.1. The van der Waals surface area contributed by atoms with Gasteiger partial charge in [0.2, 0.25) is 0 Å². The summed E-state index contributed by atoms with van der Waals surface area (Å²) >= 11 is 2.31. The summed E-state index contributed by atoms with van der Waals surface area (Å²) in [4.78, 5) is 0. The van der Waals surface area contributed by atoms with Gasteiger partial charge in [0.05, 0.1) is 25.6 Å². The number of nitrogens with zero attached hydrogens (tertiary/aromatic N) is 2. The Bertz CT molecular complexity index is 897. The summed E-state index contributed by atoms with van der Waals surface area (Å²) in [6.07, 6.45) is 0.953. The van der Waals surface area contributed by atoms with Crippen molar-refractivity contribution >= 4 is 28.4 Å². The van der Waals surface area contributed by atoms with Crippen LogP contribution in [0.2, 0.25) is 0 Å². The molecule has 0 saturated carbocycles. The van der Waals surface area contributed by atoms with E-state index in [4.69, 9.17) is 14.6 Å². The Hall–Kier alpha value is -2.22. The van der Waals surface area contributed by atoms with Crippen LogP contribution in [0.25, 0.3) is 16.9 Å². The molecule has 2 aromatic carbocycles. The molecule has 0 amide bonds. The van der Waals surface area contributed by atoms with Gasteiger partial charge < -0.3 is 14.8 Å². The van der Waals surface area contributed by atoms with Crippen molar-refractivity contribution in [2.24, 2.45) is 0 Å². The number of anilines is 1. The van der Waals surface area contributed by atoms with Crippen molar-refractivity contribution in [1.29, 1.82) is 0 Å². The lowest BCUT2D eigenvalue weighted by Gasteiger charge is -2.08. The number of methoxy groups -OCH3 is 2. The number of fused-ring (bicyclic) bond motifs is 1. The molecule has 1 N–H and O–H groups in total. The van der Waals surface area contributed by atoms with E-state index in [1.165, 1.54) is 9.13 Å². The molecule has 1 aliphatic rings.